The average molecular weight is 1110 g/mol. The molecule has 0 heterocycles. The number of aliphatic hydroxyl groups is 2. The van der Waals surface area contributed by atoms with E-state index < -0.39 is 12.1 Å². The van der Waals surface area contributed by atoms with Gasteiger partial charge in [-0.15, -0.1) is 0 Å². The molecule has 468 valence electrons. The predicted molar refractivity (Wildman–Crippen MR) is 347 cm³/mol. The second-order valence-corrected chi connectivity index (χ2v) is 24.9. The maximum absolute atomic E-state index is 12.5. The van der Waals surface area contributed by atoms with E-state index in [2.05, 4.69) is 43.5 Å². The van der Waals surface area contributed by atoms with E-state index in [-0.39, 0.29) is 18.5 Å². The van der Waals surface area contributed by atoms with Crippen LogP contribution in [0.3, 0.4) is 0 Å². The van der Waals surface area contributed by atoms with Gasteiger partial charge in [-0.05, 0) is 57.8 Å². The minimum Gasteiger partial charge on any atom is -0.466 e. The third kappa shape index (κ3) is 65.4. The van der Waals surface area contributed by atoms with Crippen molar-refractivity contribution in [1.29, 1.82) is 0 Å². The first-order valence-electron chi connectivity index (χ1n) is 36.1. The molecular weight excluding hydrogens is 971 g/mol. The van der Waals surface area contributed by atoms with Crippen LogP contribution in [0.4, 0.5) is 0 Å². The summed E-state index contributed by atoms with van der Waals surface area (Å²) in [6.45, 7) is 4.96. The first-order valence-corrected chi connectivity index (χ1v) is 36.1. The standard InChI is InChI=1S/C73H141NO5/c1-3-5-7-9-11-13-15-17-19-34-39-43-47-51-55-59-63-67-73(78)79-68-64-60-56-52-48-44-40-36-33-31-29-27-25-23-21-20-22-24-26-28-30-32-35-38-42-46-50-54-58-62-66-72(77)74-70(69-75)71(76)65-61-57-53-49-45-41-37-18-16-14-12-10-8-6-4-2/h11,13,17,19,70-71,75-76H,3-10,12,14-16,18,20-69H2,1-2H3,(H,74,77)/b13-11-,19-17-. The van der Waals surface area contributed by atoms with E-state index in [4.69, 9.17) is 4.74 Å². The quantitative estimate of drug-likeness (QED) is 0.0320. The number of nitrogens with one attached hydrogen (secondary N) is 1. The Labute approximate surface area is 494 Å². The van der Waals surface area contributed by atoms with Crippen LogP contribution in [0.5, 0.6) is 0 Å². The summed E-state index contributed by atoms with van der Waals surface area (Å²) < 4.78 is 5.50. The Morgan fingerprint density at radius 3 is 0.987 bits per heavy atom. The zero-order valence-electron chi connectivity index (χ0n) is 53.6. The molecule has 6 heteroatoms. The summed E-state index contributed by atoms with van der Waals surface area (Å²) in [5.74, 6) is -0.0150. The lowest BCUT2D eigenvalue weighted by Crippen LogP contribution is -2.45. The van der Waals surface area contributed by atoms with E-state index >= 15 is 0 Å². The van der Waals surface area contributed by atoms with Gasteiger partial charge >= 0.3 is 5.97 Å². The molecule has 0 fully saturated rings. The summed E-state index contributed by atoms with van der Waals surface area (Å²) in [7, 11) is 0. The Kier molecular flexibility index (Phi) is 67.4. The van der Waals surface area contributed by atoms with Crippen LogP contribution >= 0.6 is 0 Å². The molecule has 2 unspecified atom stereocenters. The molecule has 0 saturated carbocycles. The van der Waals surface area contributed by atoms with Crippen LogP contribution in [0, 0.1) is 0 Å². The molecule has 0 radical (unpaired) electrons. The number of unbranched alkanes of at least 4 members (excludes halogenated alkanes) is 53. The van der Waals surface area contributed by atoms with Crippen LogP contribution in [0.15, 0.2) is 24.3 Å². The fourth-order valence-electron chi connectivity index (χ4n) is 11.5. The Bertz CT molecular complexity index is 1230. The highest BCUT2D eigenvalue weighted by atomic mass is 16.5. The van der Waals surface area contributed by atoms with Crippen LogP contribution in [0.2, 0.25) is 0 Å². The number of ether oxygens (including phenoxy) is 1. The predicted octanol–water partition coefficient (Wildman–Crippen LogP) is 23.3. The lowest BCUT2D eigenvalue weighted by molar-refractivity contribution is -0.143. The number of hydrogen-bond acceptors (Lipinski definition) is 5. The molecule has 0 aliphatic carbocycles. The van der Waals surface area contributed by atoms with E-state index in [0.717, 1.165) is 51.4 Å². The van der Waals surface area contributed by atoms with E-state index in [9.17, 15) is 19.8 Å². The molecule has 1 amide bonds. The fourth-order valence-corrected chi connectivity index (χ4v) is 11.5. The number of amides is 1. The molecular formula is C73H141NO5. The molecule has 0 bridgehead atoms. The van der Waals surface area contributed by atoms with Crippen molar-refractivity contribution in [2.24, 2.45) is 0 Å². The number of rotatable bonds is 68. The molecule has 0 aromatic heterocycles. The number of aliphatic hydroxyl groups excluding tert-OH is 2. The highest BCUT2D eigenvalue weighted by molar-refractivity contribution is 5.76. The molecule has 2 atom stereocenters. The Hall–Kier alpha value is -1.66. The minimum absolute atomic E-state index is 0.0130. The van der Waals surface area contributed by atoms with Crippen LogP contribution in [-0.4, -0.2) is 47.4 Å². The molecule has 6 nitrogen and oxygen atoms in total. The van der Waals surface area contributed by atoms with Gasteiger partial charge in [-0.3, -0.25) is 9.59 Å². The molecule has 0 spiro atoms. The van der Waals surface area contributed by atoms with Gasteiger partial charge in [-0.1, -0.05) is 359 Å². The van der Waals surface area contributed by atoms with Gasteiger partial charge in [0, 0.05) is 12.8 Å². The maximum Gasteiger partial charge on any atom is 0.305 e. The lowest BCUT2D eigenvalue weighted by Gasteiger charge is -2.22. The third-order valence-electron chi connectivity index (χ3n) is 17.0. The molecule has 0 aliphatic rings. The van der Waals surface area contributed by atoms with Gasteiger partial charge in [0.1, 0.15) is 0 Å². The van der Waals surface area contributed by atoms with Crippen LogP contribution in [-0.2, 0) is 14.3 Å². The molecule has 0 aromatic rings. The monoisotopic (exact) mass is 1110 g/mol. The molecule has 0 rings (SSSR count). The zero-order valence-corrected chi connectivity index (χ0v) is 53.6. The van der Waals surface area contributed by atoms with Gasteiger partial charge in [-0.25, -0.2) is 0 Å². The Balaban J connectivity index is 3.32. The van der Waals surface area contributed by atoms with Gasteiger partial charge in [0.2, 0.25) is 5.91 Å². The smallest absolute Gasteiger partial charge is 0.305 e. The molecule has 3 N–H and O–H groups in total. The van der Waals surface area contributed by atoms with Crippen LogP contribution in [0.1, 0.15) is 406 Å². The second-order valence-electron chi connectivity index (χ2n) is 24.9. The number of esters is 1. The SMILES string of the molecule is CCCCC/C=C\C/C=C\CCCCCCCCCC(=O)OCCCCCCCCCCCCCCCCCCCCCCCCCCCCCCCCC(=O)NC(CO)C(O)CCCCCCCCCCCCCCCCC. The molecule has 79 heavy (non-hydrogen) atoms. The van der Waals surface area contributed by atoms with E-state index in [0.29, 0.717) is 25.9 Å². The largest absolute Gasteiger partial charge is 0.466 e. The summed E-state index contributed by atoms with van der Waals surface area (Å²) in [5, 5.41) is 23.3. The number of carbonyl (C=O) groups is 2. The number of hydrogen-bond donors (Lipinski definition) is 3. The van der Waals surface area contributed by atoms with Gasteiger partial charge in [0.15, 0.2) is 0 Å². The van der Waals surface area contributed by atoms with E-state index in [1.54, 1.807) is 0 Å². The average Bonchev–Trinajstić information content (AvgIpc) is 3.45. The topological polar surface area (TPSA) is 95.9 Å². The first kappa shape index (κ1) is 77.3. The minimum atomic E-state index is -0.661. The first-order chi connectivity index (χ1) is 39.0. The van der Waals surface area contributed by atoms with Crippen LogP contribution < -0.4 is 5.32 Å². The van der Waals surface area contributed by atoms with Crippen molar-refractivity contribution in [2.75, 3.05) is 13.2 Å². The summed E-state index contributed by atoms with van der Waals surface area (Å²) in [5.41, 5.74) is 0. The van der Waals surface area contributed by atoms with Crippen LogP contribution in [0.25, 0.3) is 0 Å². The van der Waals surface area contributed by atoms with Gasteiger partial charge in [-0.2, -0.15) is 0 Å². The second kappa shape index (κ2) is 68.8. The Morgan fingerprint density at radius 2 is 0.633 bits per heavy atom. The fraction of sp³-hybridized carbons (Fsp3) is 0.918. The van der Waals surface area contributed by atoms with Gasteiger partial charge in [0.05, 0.1) is 25.4 Å². The van der Waals surface area contributed by atoms with Crippen molar-refractivity contribution in [3.05, 3.63) is 24.3 Å². The van der Waals surface area contributed by atoms with Crippen molar-refractivity contribution < 1.29 is 24.5 Å². The van der Waals surface area contributed by atoms with Crippen molar-refractivity contribution >= 4 is 11.9 Å². The van der Waals surface area contributed by atoms with Crippen molar-refractivity contribution in [1.82, 2.24) is 5.32 Å². The van der Waals surface area contributed by atoms with E-state index in [1.807, 2.05) is 0 Å². The lowest BCUT2D eigenvalue weighted by atomic mass is 10.0. The Morgan fingerprint density at radius 1 is 0.354 bits per heavy atom. The summed E-state index contributed by atoms with van der Waals surface area (Å²) in [6.07, 6.45) is 86.6. The summed E-state index contributed by atoms with van der Waals surface area (Å²) in [6, 6.07) is -0.538. The molecule has 0 aromatic carbocycles. The third-order valence-corrected chi connectivity index (χ3v) is 17.0. The van der Waals surface area contributed by atoms with Gasteiger partial charge in [0.25, 0.3) is 0 Å². The van der Waals surface area contributed by atoms with Crippen molar-refractivity contribution in [2.45, 2.75) is 418 Å². The molecule has 0 saturated heterocycles. The summed E-state index contributed by atoms with van der Waals surface area (Å²) in [4.78, 5) is 24.6. The normalized spacial score (nSPS) is 12.6. The summed E-state index contributed by atoms with van der Waals surface area (Å²) >= 11 is 0. The van der Waals surface area contributed by atoms with E-state index in [1.165, 1.54) is 321 Å². The van der Waals surface area contributed by atoms with Crippen molar-refractivity contribution in [3.8, 4) is 0 Å². The maximum atomic E-state index is 12.5. The number of allylic oxidation sites excluding steroid dienone is 4. The molecule has 0 aliphatic heterocycles. The van der Waals surface area contributed by atoms with Crippen molar-refractivity contribution in [3.63, 3.8) is 0 Å². The highest BCUT2D eigenvalue weighted by Gasteiger charge is 2.20. The zero-order chi connectivity index (χ0) is 57.1. The highest BCUT2D eigenvalue weighted by Crippen LogP contribution is 2.19. The van der Waals surface area contributed by atoms with Gasteiger partial charge < -0.3 is 20.3 Å². The number of carbonyl (C=O) groups excluding carboxylic acids is 2.